The molecule has 1 aromatic heterocycles. The van der Waals surface area contributed by atoms with E-state index in [2.05, 4.69) is 40.6 Å². The number of nitrogens with one attached hydrogen (secondary N) is 1. The number of nitrogens with zero attached hydrogens (tertiary/aromatic N) is 1. The van der Waals surface area contributed by atoms with Crippen LogP contribution in [0.3, 0.4) is 0 Å². The number of benzene rings is 1. The van der Waals surface area contributed by atoms with E-state index in [4.69, 9.17) is 0 Å². The lowest BCUT2D eigenvalue weighted by molar-refractivity contribution is 0.405. The molecular weight excluding hydrogens is 240 g/mol. The summed E-state index contributed by atoms with van der Waals surface area (Å²) in [6.07, 6.45) is 7.07. The van der Waals surface area contributed by atoms with E-state index in [9.17, 15) is 0 Å². The molecule has 2 aromatic rings. The minimum Gasteiger partial charge on any atom is -0.358 e. The third-order valence-electron chi connectivity index (χ3n) is 3.73. The van der Waals surface area contributed by atoms with Crippen LogP contribution in [0.25, 0.3) is 0 Å². The molecular formula is C15H18N2S. The SMILES string of the molecule is c1ccc(C2CCCCC2Nc2nccs2)cc1. The second-order valence-corrected chi connectivity index (χ2v) is 5.78. The van der Waals surface area contributed by atoms with Crippen LogP contribution < -0.4 is 5.32 Å². The summed E-state index contributed by atoms with van der Waals surface area (Å²) >= 11 is 1.69. The average Bonchev–Trinajstić information content (AvgIpc) is 2.93. The number of aromatic nitrogens is 1. The standard InChI is InChI=1S/C15H18N2S/c1-2-6-12(7-3-1)13-8-4-5-9-14(13)17-15-16-10-11-18-15/h1-3,6-7,10-11,13-14H,4-5,8-9H2,(H,16,17). The van der Waals surface area contributed by atoms with Crippen LogP contribution in [0.4, 0.5) is 5.13 Å². The fraction of sp³-hybridized carbons (Fsp3) is 0.400. The number of hydrogen-bond donors (Lipinski definition) is 1. The Labute approximate surface area is 112 Å². The first-order valence-electron chi connectivity index (χ1n) is 6.64. The highest BCUT2D eigenvalue weighted by molar-refractivity contribution is 7.13. The predicted octanol–water partition coefficient (Wildman–Crippen LogP) is 4.28. The zero-order chi connectivity index (χ0) is 12.2. The van der Waals surface area contributed by atoms with E-state index < -0.39 is 0 Å². The molecule has 3 heteroatoms. The summed E-state index contributed by atoms with van der Waals surface area (Å²) in [4.78, 5) is 4.35. The molecule has 0 aliphatic heterocycles. The Morgan fingerprint density at radius 2 is 1.94 bits per heavy atom. The minimum atomic E-state index is 0.535. The van der Waals surface area contributed by atoms with E-state index in [1.54, 1.807) is 11.3 Å². The maximum Gasteiger partial charge on any atom is 0.182 e. The van der Waals surface area contributed by atoms with Crippen LogP contribution in [0.15, 0.2) is 41.9 Å². The molecule has 1 aliphatic carbocycles. The molecule has 94 valence electrons. The summed E-state index contributed by atoms with van der Waals surface area (Å²) < 4.78 is 0. The lowest BCUT2D eigenvalue weighted by atomic mass is 9.80. The molecule has 1 heterocycles. The summed E-state index contributed by atoms with van der Waals surface area (Å²) in [6, 6.07) is 11.4. The van der Waals surface area contributed by atoms with Crippen LogP contribution in [0.5, 0.6) is 0 Å². The van der Waals surface area contributed by atoms with Crippen molar-refractivity contribution in [1.82, 2.24) is 4.98 Å². The van der Waals surface area contributed by atoms with E-state index in [0.717, 1.165) is 5.13 Å². The molecule has 0 spiro atoms. The molecule has 1 aliphatic rings. The highest BCUT2D eigenvalue weighted by Crippen LogP contribution is 2.35. The third kappa shape index (κ3) is 2.56. The smallest absolute Gasteiger partial charge is 0.182 e. The van der Waals surface area contributed by atoms with E-state index in [1.165, 1.54) is 31.2 Å². The Kier molecular flexibility index (Phi) is 3.60. The summed E-state index contributed by atoms with van der Waals surface area (Å²) in [5.74, 6) is 0.629. The Hall–Kier alpha value is -1.35. The van der Waals surface area contributed by atoms with Gasteiger partial charge >= 0.3 is 0 Å². The van der Waals surface area contributed by atoms with Crippen molar-refractivity contribution in [3.8, 4) is 0 Å². The van der Waals surface area contributed by atoms with Gasteiger partial charge in [0.2, 0.25) is 0 Å². The van der Waals surface area contributed by atoms with Gasteiger partial charge in [0.15, 0.2) is 5.13 Å². The van der Waals surface area contributed by atoms with Gasteiger partial charge in [-0.1, -0.05) is 43.2 Å². The van der Waals surface area contributed by atoms with Crippen molar-refractivity contribution in [3.05, 3.63) is 47.5 Å². The lowest BCUT2D eigenvalue weighted by Gasteiger charge is -2.32. The largest absolute Gasteiger partial charge is 0.358 e. The number of thiazole rings is 1. The molecule has 18 heavy (non-hydrogen) atoms. The Balaban J connectivity index is 1.78. The second kappa shape index (κ2) is 5.53. The molecule has 0 amide bonds. The fourth-order valence-corrected chi connectivity index (χ4v) is 3.45. The number of hydrogen-bond acceptors (Lipinski definition) is 3. The van der Waals surface area contributed by atoms with Gasteiger partial charge in [0.1, 0.15) is 0 Å². The molecule has 0 saturated heterocycles. The summed E-state index contributed by atoms with van der Waals surface area (Å²) in [7, 11) is 0. The van der Waals surface area contributed by atoms with Gasteiger partial charge in [0, 0.05) is 23.5 Å². The molecule has 1 fully saturated rings. The van der Waals surface area contributed by atoms with Crippen molar-refractivity contribution in [2.75, 3.05) is 5.32 Å². The van der Waals surface area contributed by atoms with Crippen LogP contribution in [0.2, 0.25) is 0 Å². The van der Waals surface area contributed by atoms with Crippen LogP contribution in [-0.2, 0) is 0 Å². The van der Waals surface area contributed by atoms with E-state index in [-0.39, 0.29) is 0 Å². The van der Waals surface area contributed by atoms with Crippen LogP contribution in [0, 0.1) is 0 Å². The van der Waals surface area contributed by atoms with Gasteiger partial charge in [-0.05, 0) is 18.4 Å². The van der Waals surface area contributed by atoms with Crippen molar-refractivity contribution in [1.29, 1.82) is 0 Å². The highest BCUT2D eigenvalue weighted by atomic mass is 32.1. The van der Waals surface area contributed by atoms with Gasteiger partial charge < -0.3 is 5.32 Å². The summed E-state index contributed by atoms with van der Waals surface area (Å²) in [5.41, 5.74) is 1.46. The van der Waals surface area contributed by atoms with Crippen molar-refractivity contribution in [2.45, 2.75) is 37.6 Å². The molecule has 3 rings (SSSR count). The van der Waals surface area contributed by atoms with Crippen molar-refractivity contribution < 1.29 is 0 Å². The zero-order valence-corrected chi connectivity index (χ0v) is 11.2. The van der Waals surface area contributed by atoms with Crippen molar-refractivity contribution >= 4 is 16.5 Å². The van der Waals surface area contributed by atoms with Gasteiger partial charge in [-0.15, -0.1) is 11.3 Å². The first-order valence-corrected chi connectivity index (χ1v) is 7.52. The first kappa shape index (κ1) is 11.7. The summed E-state index contributed by atoms with van der Waals surface area (Å²) in [5, 5.41) is 6.71. The Bertz CT molecular complexity index is 467. The molecule has 1 saturated carbocycles. The first-order chi connectivity index (χ1) is 8.93. The third-order valence-corrected chi connectivity index (χ3v) is 4.44. The maximum atomic E-state index is 4.35. The molecule has 2 unspecified atom stereocenters. The molecule has 0 radical (unpaired) electrons. The van der Waals surface area contributed by atoms with Gasteiger partial charge in [-0.25, -0.2) is 4.98 Å². The highest BCUT2D eigenvalue weighted by Gasteiger charge is 2.26. The molecule has 1 aromatic carbocycles. The average molecular weight is 258 g/mol. The number of anilines is 1. The Morgan fingerprint density at radius 1 is 1.11 bits per heavy atom. The van der Waals surface area contributed by atoms with Gasteiger partial charge in [0.25, 0.3) is 0 Å². The number of rotatable bonds is 3. The van der Waals surface area contributed by atoms with Crippen LogP contribution in [0.1, 0.15) is 37.2 Å². The monoisotopic (exact) mass is 258 g/mol. The second-order valence-electron chi connectivity index (χ2n) is 4.89. The fourth-order valence-electron chi connectivity index (χ4n) is 2.86. The van der Waals surface area contributed by atoms with Gasteiger partial charge in [0.05, 0.1) is 0 Å². The van der Waals surface area contributed by atoms with Crippen molar-refractivity contribution in [2.24, 2.45) is 0 Å². The normalized spacial score (nSPS) is 23.8. The maximum absolute atomic E-state index is 4.35. The molecule has 2 nitrogen and oxygen atoms in total. The van der Waals surface area contributed by atoms with Crippen molar-refractivity contribution in [3.63, 3.8) is 0 Å². The quantitative estimate of drug-likeness (QED) is 0.888. The minimum absolute atomic E-state index is 0.535. The van der Waals surface area contributed by atoms with Crippen LogP contribution in [-0.4, -0.2) is 11.0 Å². The van der Waals surface area contributed by atoms with Crippen LogP contribution >= 0.6 is 11.3 Å². The van der Waals surface area contributed by atoms with E-state index in [0.29, 0.717) is 12.0 Å². The lowest BCUT2D eigenvalue weighted by Crippen LogP contribution is -2.30. The summed E-state index contributed by atoms with van der Waals surface area (Å²) in [6.45, 7) is 0. The zero-order valence-electron chi connectivity index (χ0n) is 10.4. The molecule has 0 bridgehead atoms. The molecule has 2 atom stereocenters. The topological polar surface area (TPSA) is 24.9 Å². The van der Waals surface area contributed by atoms with Gasteiger partial charge in [-0.3, -0.25) is 0 Å². The van der Waals surface area contributed by atoms with E-state index in [1.807, 2.05) is 11.6 Å². The Morgan fingerprint density at radius 3 is 2.72 bits per heavy atom. The van der Waals surface area contributed by atoms with E-state index >= 15 is 0 Å². The predicted molar refractivity (Wildman–Crippen MR) is 77.2 cm³/mol. The molecule has 1 N–H and O–H groups in total. The van der Waals surface area contributed by atoms with Gasteiger partial charge in [-0.2, -0.15) is 0 Å².